The monoisotopic (exact) mass is 279 g/mol. The third-order valence-electron chi connectivity index (χ3n) is 3.51. The molecule has 0 saturated carbocycles. The number of nitrogens with one attached hydrogen (secondary N) is 1. The fourth-order valence-corrected chi connectivity index (χ4v) is 2.26. The molecule has 0 aliphatic rings. The number of hydrogen-bond donors (Lipinski definition) is 1. The molecular weight excluding hydrogens is 250 g/mol. The van der Waals surface area contributed by atoms with E-state index in [0.29, 0.717) is 0 Å². The predicted octanol–water partition coefficient (Wildman–Crippen LogP) is 2.47. The fraction of sp³-hybridized carbons (Fsp3) is 0.733. The summed E-state index contributed by atoms with van der Waals surface area (Å²) in [5, 5.41) is 3.23. The molecule has 0 spiro atoms. The second-order valence-corrected chi connectivity index (χ2v) is 4.75. The Hall–Kier alpha value is -1.36. The molecule has 0 bridgehead atoms. The number of hydrogen-bond acceptors (Lipinski definition) is 5. The molecule has 114 valence electrons. The maximum atomic E-state index is 4.39. The van der Waals surface area contributed by atoms with Gasteiger partial charge in [0, 0.05) is 25.7 Å². The van der Waals surface area contributed by atoms with Crippen molar-refractivity contribution in [3.63, 3.8) is 0 Å². The molecule has 0 amide bonds. The largest absolute Gasteiger partial charge is 0.370 e. The molecule has 0 fully saturated rings. The number of aromatic nitrogens is 2. The van der Waals surface area contributed by atoms with Crippen molar-refractivity contribution in [1.29, 1.82) is 0 Å². The lowest BCUT2D eigenvalue weighted by molar-refractivity contribution is 0.300. The van der Waals surface area contributed by atoms with Crippen molar-refractivity contribution in [3.8, 4) is 0 Å². The topological polar surface area (TPSA) is 44.3 Å². The Labute approximate surface area is 123 Å². The zero-order valence-electron chi connectivity index (χ0n) is 13.4. The van der Waals surface area contributed by atoms with Crippen molar-refractivity contribution in [2.45, 2.75) is 34.1 Å². The third-order valence-corrected chi connectivity index (χ3v) is 3.51. The molecule has 1 N–H and O–H groups in total. The molecule has 0 aliphatic heterocycles. The second kappa shape index (κ2) is 9.53. The number of rotatable bonds is 10. The van der Waals surface area contributed by atoms with Crippen LogP contribution in [0.1, 0.15) is 34.1 Å². The molecule has 0 saturated heterocycles. The average molecular weight is 279 g/mol. The summed E-state index contributed by atoms with van der Waals surface area (Å²) in [6.45, 7) is 15.0. The molecule has 0 aromatic carbocycles. The van der Waals surface area contributed by atoms with Crippen LogP contribution < -0.4 is 10.2 Å². The van der Waals surface area contributed by atoms with Crippen molar-refractivity contribution >= 4 is 11.6 Å². The lowest BCUT2D eigenvalue weighted by Gasteiger charge is -2.24. The van der Waals surface area contributed by atoms with Crippen LogP contribution in [-0.2, 0) is 0 Å². The van der Waals surface area contributed by atoms with Crippen LogP contribution in [0.4, 0.5) is 11.6 Å². The van der Waals surface area contributed by atoms with E-state index in [0.717, 1.165) is 57.3 Å². The van der Waals surface area contributed by atoms with Crippen LogP contribution >= 0.6 is 0 Å². The SMILES string of the molecule is CCNc1cc(N(CC)CCCN(CC)CC)ncn1. The van der Waals surface area contributed by atoms with Gasteiger partial charge in [-0.3, -0.25) is 0 Å². The molecule has 5 heteroatoms. The first-order chi connectivity index (χ1) is 9.74. The van der Waals surface area contributed by atoms with E-state index in [4.69, 9.17) is 0 Å². The molecule has 1 aromatic rings. The number of nitrogens with zero attached hydrogens (tertiary/aromatic N) is 4. The molecule has 1 heterocycles. The highest BCUT2D eigenvalue weighted by atomic mass is 15.2. The summed E-state index contributed by atoms with van der Waals surface area (Å²) in [5.41, 5.74) is 0. The normalized spacial score (nSPS) is 10.8. The van der Waals surface area contributed by atoms with Gasteiger partial charge in [-0.2, -0.15) is 0 Å². The van der Waals surface area contributed by atoms with Crippen molar-refractivity contribution in [2.24, 2.45) is 0 Å². The van der Waals surface area contributed by atoms with Gasteiger partial charge in [0.25, 0.3) is 0 Å². The Balaban J connectivity index is 2.54. The van der Waals surface area contributed by atoms with Crippen LogP contribution in [-0.4, -0.2) is 54.1 Å². The average Bonchev–Trinajstić information content (AvgIpc) is 2.48. The van der Waals surface area contributed by atoms with E-state index < -0.39 is 0 Å². The highest BCUT2D eigenvalue weighted by Crippen LogP contribution is 2.14. The van der Waals surface area contributed by atoms with Gasteiger partial charge < -0.3 is 15.1 Å². The minimum atomic E-state index is 0.880. The van der Waals surface area contributed by atoms with Crippen molar-refractivity contribution < 1.29 is 0 Å². The molecule has 0 unspecified atom stereocenters. The highest BCUT2D eigenvalue weighted by molar-refractivity contribution is 5.48. The second-order valence-electron chi connectivity index (χ2n) is 4.75. The number of anilines is 2. The van der Waals surface area contributed by atoms with Crippen molar-refractivity contribution in [2.75, 3.05) is 49.5 Å². The lowest BCUT2D eigenvalue weighted by atomic mass is 10.3. The maximum Gasteiger partial charge on any atom is 0.134 e. The molecule has 0 atom stereocenters. The van der Waals surface area contributed by atoms with E-state index in [1.54, 1.807) is 6.33 Å². The molecular formula is C15H29N5. The molecule has 5 nitrogen and oxygen atoms in total. The van der Waals surface area contributed by atoms with Gasteiger partial charge in [0.15, 0.2) is 0 Å². The molecule has 20 heavy (non-hydrogen) atoms. The third kappa shape index (κ3) is 5.33. The van der Waals surface area contributed by atoms with Gasteiger partial charge in [-0.1, -0.05) is 13.8 Å². The van der Waals surface area contributed by atoms with E-state index in [1.165, 1.54) is 0 Å². The smallest absolute Gasteiger partial charge is 0.134 e. The first kappa shape index (κ1) is 16.7. The quantitative estimate of drug-likeness (QED) is 0.713. The van der Waals surface area contributed by atoms with E-state index in [-0.39, 0.29) is 0 Å². The van der Waals surface area contributed by atoms with E-state index in [2.05, 4.69) is 52.8 Å². The first-order valence-electron chi connectivity index (χ1n) is 7.78. The van der Waals surface area contributed by atoms with Gasteiger partial charge in [0.2, 0.25) is 0 Å². The zero-order chi connectivity index (χ0) is 14.8. The van der Waals surface area contributed by atoms with E-state index in [9.17, 15) is 0 Å². The van der Waals surface area contributed by atoms with Gasteiger partial charge >= 0.3 is 0 Å². The van der Waals surface area contributed by atoms with Crippen LogP contribution in [0.3, 0.4) is 0 Å². The van der Waals surface area contributed by atoms with Gasteiger partial charge in [-0.05, 0) is 39.9 Å². The summed E-state index contributed by atoms with van der Waals surface area (Å²) in [6, 6.07) is 2.03. The summed E-state index contributed by atoms with van der Waals surface area (Å²) in [4.78, 5) is 13.4. The van der Waals surface area contributed by atoms with Crippen LogP contribution in [0, 0.1) is 0 Å². The minimum absolute atomic E-state index is 0.880. The van der Waals surface area contributed by atoms with Crippen LogP contribution in [0.15, 0.2) is 12.4 Å². The van der Waals surface area contributed by atoms with Gasteiger partial charge in [0.1, 0.15) is 18.0 Å². The van der Waals surface area contributed by atoms with Crippen molar-refractivity contribution in [1.82, 2.24) is 14.9 Å². The van der Waals surface area contributed by atoms with Crippen LogP contribution in [0.25, 0.3) is 0 Å². The predicted molar refractivity (Wildman–Crippen MR) is 86.5 cm³/mol. The summed E-state index contributed by atoms with van der Waals surface area (Å²) >= 11 is 0. The standard InChI is InChI=1S/C15H29N5/c1-5-16-14-12-15(18-13-17-14)20(8-4)11-9-10-19(6-2)7-3/h12-13H,5-11H2,1-4H3,(H,16,17,18). The highest BCUT2D eigenvalue weighted by Gasteiger charge is 2.08. The van der Waals surface area contributed by atoms with Gasteiger partial charge in [-0.25, -0.2) is 9.97 Å². The summed E-state index contributed by atoms with van der Waals surface area (Å²) < 4.78 is 0. The fourth-order valence-electron chi connectivity index (χ4n) is 2.26. The van der Waals surface area contributed by atoms with E-state index in [1.807, 2.05) is 6.07 Å². The summed E-state index contributed by atoms with van der Waals surface area (Å²) in [6.07, 6.45) is 2.80. The lowest BCUT2D eigenvalue weighted by Crippen LogP contribution is -2.30. The van der Waals surface area contributed by atoms with Crippen LogP contribution in [0.5, 0.6) is 0 Å². The van der Waals surface area contributed by atoms with Crippen LogP contribution in [0.2, 0.25) is 0 Å². The maximum absolute atomic E-state index is 4.39. The van der Waals surface area contributed by atoms with Gasteiger partial charge in [-0.15, -0.1) is 0 Å². The Kier molecular flexibility index (Phi) is 7.95. The molecule has 0 aliphatic carbocycles. The molecule has 0 radical (unpaired) electrons. The Morgan fingerprint density at radius 1 is 1.00 bits per heavy atom. The zero-order valence-corrected chi connectivity index (χ0v) is 13.4. The Bertz CT molecular complexity index is 365. The first-order valence-corrected chi connectivity index (χ1v) is 7.78. The van der Waals surface area contributed by atoms with Crippen molar-refractivity contribution in [3.05, 3.63) is 12.4 Å². The minimum Gasteiger partial charge on any atom is -0.370 e. The summed E-state index contributed by atoms with van der Waals surface area (Å²) in [7, 11) is 0. The van der Waals surface area contributed by atoms with E-state index >= 15 is 0 Å². The summed E-state index contributed by atoms with van der Waals surface area (Å²) in [5.74, 6) is 1.91. The van der Waals surface area contributed by atoms with Gasteiger partial charge in [0.05, 0.1) is 0 Å². The Morgan fingerprint density at radius 3 is 2.35 bits per heavy atom. The molecule has 1 aromatic heterocycles. The Morgan fingerprint density at radius 2 is 1.75 bits per heavy atom. The molecule has 1 rings (SSSR count).